The molecule has 2 N–H and O–H groups in total. The lowest BCUT2D eigenvalue weighted by atomic mass is 10.4. The minimum absolute atomic E-state index is 0.464. The first kappa shape index (κ1) is 8.24. The summed E-state index contributed by atoms with van der Waals surface area (Å²) >= 11 is 1.37. The SMILES string of the molecule is O=C(O)C1CSC(c2ncn[nH]2)=N1. The van der Waals surface area contributed by atoms with Gasteiger partial charge in [0.05, 0.1) is 0 Å². The number of carbonyl (C=O) groups is 1. The Morgan fingerprint density at radius 3 is 3.15 bits per heavy atom. The highest BCUT2D eigenvalue weighted by Crippen LogP contribution is 2.20. The summed E-state index contributed by atoms with van der Waals surface area (Å²) in [7, 11) is 0. The fourth-order valence-corrected chi connectivity index (χ4v) is 1.91. The predicted octanol–water partition coefficient (Wildman–Crippen LogP) is -0.249. The van der Waals surface area contributed by atoms with Crippen molar-refractivity contribution in [3.05, 3.63) is 12.2 Å². The Morgan fingerprint density at radius 2 is 2.62 bits per heavy atom. The minimum atomic E-state index is -0.901. The van der Waals surface area contributed by atoms with Gasteiger partial charge in [-0.2, -0.15) is 5.10 Å². The van der Waals surface area contributed by atoms with Gasteiger partial charge in [0.25, 0.3) is 0 Å². The van der Waals surface area contributed by atoms with Crippen LogP contribution in [0.15, 0.2) is 11.3 Å². The normalized spacial score (nSPS) is 21.5. The zero-order chi connectivity index (χ0) is 9.26. The summed E-state index contributed by atoms with van der Waals surface area (Å²) in [6, 6.07) is -0.648. The zero-order valence-corrected chi connectivity index (χ0v) is 7.28. The number of nitrogens with one attached hydrogen (secondary N) is 1. The number of carboxylic acids is 1. The van der Waals surface area contributed by atoms with E-state index < -0.39 is 12.0 Å². The summed E-state index contributed by atoms with van der Waals surface area (Å²) in [5.74, 6) is 0.0986. The van der Waals surface area contributed by atoms with E-state index in [0.717, 1.165) is 0 Å². The zero-order valence-electron chi connectivity index (χ0n) is 6.47. The Morgan fingerprint density at radius 1 is 1.77 bits per heavy atom. The predicted molar refractivity (Wildman–Crippen MR) is 46.8 cm³/mol. The number of hydrogen-bond donors (Lipinski definition) is 2. The number of aliphatic imine (C=N–C) groups is 1. The molecular formula is C6H6N4O2S. The fraction of sp³-hybridized carbons (Fsp3) is 0.333. The topological polar surface area (TPSA) is 91.2 Å². The van der Waals surface area contributed by atoms with E-state index in [2.05, 4.69) is 20.2 Å². The Labute approximate surface area is 77.5 Å². The number of nitrogens with zero attached hydrogens (tertiary/aromatic N) is 3. The van der Waals surface area contributed by atoms with Gasteiger partial charge in [-0.15, -0.1) is 11.8 Å². The number of hydrogen-bond acceptors (Lipinski definition) is 5. The van der Waals surface area contributed by atoms with E-state index in [4.69, 9.17) is 5.11 Å². The molecule has 0 radical (unpaired) electrons. The molecule has 2 heterocycles. The molecule has 6 nitrogen and oxygen atoms in total. The van der Waals surface area contributed by atoms with Crippen molar-refractivity contribution < 1.29 is 9.90 Å². The molecule has 1 aliphatic heterocycles. The lowest BCUT2D eigenvalue weighted by Crippen LogP contribution is -2.17. The van der Waals surface area contributed by atoms with Crippen molar-refractivity contribution in [1.29, 1.82) is 0 Å². The third-order valence-electron chi connectivity index (χ3n) is 1.55. The standard InChI is InChI=1S/C6H6N4O2S/c11-6(12)3-1-13-5(9-3)4-7-2-8-10-4/h2-3H,1H2,(H,11,12)(H,7,8,10). The molecule has 0 saturated heterocycles. The molecule has 7 heteroatoms. The molecule has 0 spiro atoms. The molecule has 1 unspecified atom stereocenters. The van der Waals surface area contributed by atoms with E-state index in [0.29, 0.717) is 16.6 Å². The van der Waals surface area contributed by atoms with Gasteiger partial charge in [0, 0.05) is 5.75 Å². The molecule has 1 atom stereocenters. The van der Waals surface area contributed by atoms with Gasteiger partial charge >= 0.3 is 5.97 Å². The van der Waals surface area contributed by atoms with Gasteiger partial charge in [-0.25, -0.2) is 9.78 Å². The van der Waals surface area contributed by atoms with Crippen LogP contribution in [0.5, 0.6) is 0 Å². The van der Waals surface area contributed by atoms with Crippen LogP contribution in [0, 0.1) is 0 Å². The van der Waals surface area contributed by atoms with Crippen molar-refractivity contribution in [1.82, 2.24) is 15.2 Å². The maximum absolute atomic E-state index is 10.6. The van der Waals surface area contributed by atoms with E-state index in [-0.39, 0.29) is 0 Å². The second-order valence-electron chi connectivity index (χ2n) is 2.43. The fourth-order valence-electron chi connectivity index (χ4n) is 0.938. The van der Waals surface area contributed by atoms with Crippen LogP contribution in [0.2, 0.25) is 0 Å². The van der Waals surface area contributed by atoms with E-state index >= 15 is 0 Å². The average molecular weight is 198 g/mol. The smallest absolute Gasteiger partial charge is 0.329 e. The van der Waals surface area contributed by atoms with Crippen molar-refractivity contribution in [2.75, 3.05) is 5.75 Å². The number of carboxylic acid groups (broad SMARTS) is 1. The molecule has 2 rings (SSSR count). The van der Waals surface area contributed by atoms with Gasteiger partial charge < -0.3 is 5.11 Å². The maximum atomic E-state index is 10.6. The van der Waals surface area contributed by atoms with Crippen LogP contribution < -0.4 is 0 Å². The van der Waals surface area contributed by atoms with Crippen molar-refractivity contribution in [2.45, 2.75) is 6.04 Å². The molecule has 68 valence electrons. The van der Waals surface area contributed by atoms with Crippen LogP contribution >= 0.6 is 11.8 Å². The highest BCUT2D eigenvalue weighted by Gasteiger charge is 2.26. The first-order valence-corrected chi connectivity index (χ1v) is 4.55. The molecule has 0 fully saturated rings. The van der Waals surface area contributed by atoms with Crippen LogP contribution in [-0.4, -0.2) is 43.1 Å². The van der Waals surface area contributed by atoms with Crippen molar-refractivity contribution >= 4 is 22.8 Å². The van der Waals surface area contributed by atoms with E-state index in [1.165, 1.54) is 18.1 Å². The second-order valence-corrected chi connectivity index (χ2v) is 3.44. The lowest BCUT2D eigenvalue weighted by molar-refractivity contribution is -0.137. The summed E-state index contributed by atoms with van der Waals surface area (Å²) in [5.41, 5.74) is 0. The van der Waals surface area contributed by atoms with Crippen LogP contribution in [0.25, 0.3) is 0 Å². The number of thioether (sulfide) groups is 1. The quantitative estimate of drug-likeness (QED) is 0.683. The monoisotopic (exact) mass is 198 g/mol. The van der Waals surface area contributed by atoms with Crippen molar-refractivity contribution in [2.24, 2.45) is 4.99 Å². The minimum Gasteiger partial charge on any atom is -0.480 e. The molecule has 1 aliphatic rings. The third kappa shape index (κ3) is 1.55. The lowest BCUT2D eigenvalue weighted by Gasteiger charge is -1.93. The number of aromatic nitrogens is 3. The molecule has 0 aliphatic carbocycles. The maximum Gasteiger partial charge on any atom is 0.329 e. The molecule has 1 aromatic rings. The van der Waals surface area contributed by atoms with Gasteiger partial charge in [0.2, 0.25) is 0 Å². The molecule has 0 bridgehead atoms. The van der Waals surface area contributed by atoms with Gasteiger partial charge in [-0.05, 0) is 0 Å². The average Bonchev–Trinajstić information content (AvgIpc) is 2.75. The number of aromatic amines is 1. The summed E-state index contributed by atoms with van der Waals surface area (Å²) in [6.45, 7) is 0. The van der Waals surface area contributed by atoms with Crippen molar-refractivity contribution in [3.63, 3.8) is 0 Å². The Balaban J connectivity index is 2.20. The number of rotatable bonds is 2. The first-order chi connectivity index (χ1) is 6.27. The Kier molecular flexibility index (Phi) is 2.01. The Bertz CT molecular complexity index is 348. The van der Waals surface area contributed by atoms with Crippen LogP contribution in [0.3, 0.4) is 0 Å². The van der Waals surface area contributed by atoms with Crippen LogP contribution in [0.1, 0.15) is 5.82 Å². The molecule has 0 saturated carbocycles. The number of H-pyrrole nitrogens is 1. The van der Waals surface area contributed by atoms with E-state index in [1.807, 2.05) is 0 Å². The molecular weight excluding hydrogens is 192 g/mol. The van der Waals surface area contributed by atoms with Gasteiger partial charge in [-0.3, -0.25) is 10.1 Å². The van der Waals surface area contributed by atoms with E-state index in [1.54, 1.807) is 0 Å². The second kappa shape index (κ2) is 3.17. The summed E-state index contributed by atoms with van der Waals surface area (Å²) in [6.07, 6.45) is 1.37. The summed E-state index contributed by atoms with van der Waals surface area (Å²) in [4.78, 5) is 18.4. The largest absolute Gasteiger partial charge is 0.480 e. The molecule has 0 aromatic carbocycles. The van der Waals surface area contributed by atoms with E-state index in [9.17, 15) is 4.79 Å². The molecule has 0 amide bonds. The van der Waals surface area contributed by atoms with Crippen LogP contribution in [0.4, 0.5) is 0 Å². The first-order valence-electron chi connectivity index (χ1n) is 3.56. The Hall–Kier alpha value is -1.37. The van der Waals surface area contributed by atoms with Gasteiger partial charge in [0.1, 0.15) is 11.4 Å². The number of aliphatic carboxylic acids is 1. The highest BCUT2D eigenvalue weighted by molar-refractivity contribution is 8.14. The van der Waals surface area contributed by atoms with Gasteiger partial charge in [0.15, 0.2) is 11.9 Å². The van der Waals surface area contributed by atoms with Crippen LogP contribution in [-0.2, 0) is 4.79 Å². The molecule has 1 aromatic heterocycles. The highest BCUT2D eigenvalue weighted by atomic mass is 32.2. The van der Waals surface area contributed by atoms with Gasteiger partial charge in [-0.1, -0.05) is 0 Å². The third-order valence-corrected chi connectivity index (χ3v) is 2.61. The summed E-state index contributed by atoms with van der Waals surface area (Å²) in [5, 5.41) is 15.6. The molecule has 13 heavy (non-hydrogen) atoms. The summed E-state index contributed by atoms with van der Waals surface area (Å²) < 4.78 is 0. The van der Waals surface area contributed by atoms with Crippen molar-refractivity contribution in [3.8, 4) is 0 Å².